The smallest absolute Gasteiger partial charge is 0.300 e. The largest absolute Gasteiger partial charge is 0.450 e. The molecule has 61 heavy (non-hydrogen) atoms. The highest BCUT2D eigenvalue weighted by Crippen LogP contribution is 2.55. The van der Waals surface area contributed by atoms with E-state index in [1.54, 1.807) is 12.1 Å². The molecule has 0 amide bonds. The number of nitrogens with one attached hydrogen (secondary N) is 3. The Hall–Kier alpha value is -5.52. The third-order valence-corrected chi connectivity index (χ3v) is 15.4. The van der Waals surface area contributed by atoms with E-state index in [9.17, 15) is 42.8 Å². The third-order valence-electron chi connectivity index (χ3n) is 9.70. The first-order chi connectivity index (χ1) is 28.3. The van der Waals surface area contributed by atoms with Gasteiger partial charge in [-0.25, -0.2) is 21.8 Å². The van der Waals surface area contributed by atoms with Crippen molar-refractivity contribution in [2.45, 2.75) is 50.7 Å². The molecule has 2 aliphatic heterocycles. The minimum absolute atomic E-state index is 0.0314. The maximum Gasteiger partial charge on any atom is 0.300 e. The second kappa shape index (κ2) is 14.0. The summed E-state index contributed by atoms with van der Waals surface area (Å²) >= 11 is 13.4. The summed E-state index contributed by atoms with van der Waals surface area (Å²) in [5, 5.41) is 10.3. The van der Waals surface area contributed by atoms with Crippen molar-refractivity contribution >= 4 is 108 Å². The Morgan fingerprint density at radius 3 is 2.03 bits per heavy atom. The fourth-order valence-corrected chi connectivity index (χ4v) is 11.3. The molecule has 8 rings (SSSR count). The molecule has 0 saturated carbocycles. The number of sulfonamides is 1. The van der Waals surface area contributed by atoms with Crippen LogP contribution in [0, 0.1) is 5.41 Å². The molecule has 0 spiro atoms. The monoisotopic (exact) mass is 945 g/mol. The second-order valence-corrected chi connectivity index (χ2v) is 21.9. The number of hydrogen-bond donors (Lipinski definition) is 6. The first-order valence-corrected chi connectivity index (χ1v) is 24.0. The summed E-state index contributed by atoms with van der Waals surface area (Å²) in [7, 11) is -19.2. The standard InChI is InChI=1S/C38H29Cl2N5O12S4/c1-38(2,3)19-6-10-21(11-7-19)59(48,49)45-20-8-4-18-15-22(9-5-17(18)14-20)58(46,47)26-16-25-33(37(29(26)42)61(53,54)55)57-35-27(39)30-34(28(40)31(35)44-25)56-32-24(43-30)13-12-23(41)36(32)60(50,51)52/h4-16,42-43,45H,41H2,1-3H3,(H,50,51,52)(H,53,54,55). The van der Waals surface area contributed by atoms with E-state index in [0.717, 1.165) is 23.8 Å². The van der Waals surface area contributed by atoms with E-state index in [1.165, 1.54) is 48.5 Å². The molecule has 0 radical (unpaired) electrons. The number of halogens is 2. The number of benzene rings is 6. The van der Waals surface area contributed by atoms with Crippen LogP contribution in [0.4, 0.5) is 22.7 Å². The molecule has 0 aromatic heterocycles. The Balaban J connectivity index is 1.21. The number of ether oxygens (including phenoxy) is 1. The van der Waals surface area contributed by atoms with Gasteiger partial charge < -0.3 is 20.2 Å². The summed E-state index contributed by atoms with van der Waals surface area (Å²) in [4.78, 5) is 0.946. The zero-order valence-electron chi connectivity index (χ0n) is 31.4. The van der Waals surface area contributed by atoms with Crippen LogP contribution in [-0.4, -0.2) is 47.8 Å². The van der Waals surface area contributed by atoms with Gasteiger partial charge in [0.25, 0.3) is 20.1 Å². The second-order valence-electron chi connectivity index (χ2n) is 14.8. The van der Waals surface area contributed by atoms with Crippen molar-refractivity contribution in [2.24, 2.45) is 0 Å². The first kappa shape index (κ1) is 42.2. The van der Waals surface area contributed by atoms with E-state index < -0.39 is 92.8 Å². The van der Waals surface area contributed by atoms with Crippen LogP contribution in [0.2, 0.25) is 10.0 Å². The summed E-state index contributed by atoms with van der Waals surface area (Å²) in [5.74, 6) is -1.57. The Labute approximate surface area is 357 Å². The first-order valence-electron chi connectivity index (χ1n) is 17.4. The molecule has 0 saturated heterocycles. The van der Waals surface area contributed by atoms with Crippen LogP contribution in [0.15, 0.2) is 108 Å². The van der Waals surface area contributed by atoms with Crippen LogP contribution in [0.1, 0.15) is 26.3 Å². The van der Waals surface area contributed by atoms with Gasteiger partial charge in [-0.05, 0) is 76.3 Å². The van der Waals surface area contributed by atoms with Gasteiger partial charge in [-0.2, -0.15) is 16.8 Å². The minimum atomic E-state index is -5.43. The molecule has 0 unspecified atom stereocenters. The van der Waals surface area contributed by atoms with Gasteiger partial charge >= 0.3 is 10.1 Å². The molecule has 23 heteroatoms. The highest BCUT2D eigenvalue weighted by Gasteiger charge is 2.36. The molecule has 0 atom stereocenters. The predicted octanol–water partition coefficient (Wildman–Crippen LogP) is 7.73. The summed E-state index contributed by atoms with van der Waals surface area (Å²) in [6.07, 6.45) is 0. The average molecular weight is 947 g/mol. The third kappa shape index (κ3) is 7.19. The average Bonchev–Trinajstić information content (AvgIpc) is 3.16. The zero-order valence-corrected chi connectivity index (χ0v) is 36.2. The summed E-state index contributed by atoms with van der Waals surface area (Å²) in [6.45, 7) is 6.00. The van der Waals surface area contributed by atoms with Crippen LogP contribution in [0.25, 0.3) is 33.3 Å². The molecule has 0 bridgehead atoms. The number of rotatable bonds is 7. The highest BCUT2D eigenvalue weighted by atomic mass is 35.5. The van der Waals surface area contributed by atoms with Crippen molar-refractivity contribution in [3.8, 4) is 23.0 Å². The van der Waals surface area contributed by atoms with Crippen LogP contribution >= 0.6 is 23.2 Å². The Kier molecular flexibility index (Phi) is 9.68. The SMILES string of the molecule is CC(C)(C)c1ccc(S(=O)(=O)Nc2ccc3cc(S(=O)(=O)c4cc5nc6c(Cl)c7c(c(Cl)c6oc-5c(S(=O)(=O)O)c4=N)Nc4ccc(N)c(S(=O)(=O)O)c4O7)ccc3c2)cc1. The molecule has 17 nitrogen and oxygen atoms in total. The van der Waals surface area contributed by atoms with Crippen LogP contribution in [0.5, 0.6) is 11.5 Å². The van der Waals surface area contributed by atoms with Crippen LogP contribution in [0.3, 0.4) is 0 Å². The molecular formula is C38H29Cl2N5O12S4. The van der Waals surface area contributed by atoms with E-state index >= 15 is 0 Å². The maximum atomic E-state index is 14.3. The van der Waals surface area contributed by atoms with E-state index in [-0.39, 0.29) is 49.3 Å². The number of nitrogens with two attached hydrogens (primary N) is 1. The van der Waals surface area contributed by atoms with Crippen molar-refractivity contribution in [1.82, 2.24) is 4.98 Å². The van der Waals surface area contributed by atoms with Gasteiger partial charge in [0, 0.05) is 5.69 Å². The van der Waals surface area contributed by atoms with Gasteiger partial charge in [0.1, 0.15) is 31.8 Å². The van der Waals surface area contributed by atoms with Crippen molar-refractivity contribution in [1.29, 1.82) is 5.41 Å². The number of nitrogens with zero attached hydrogens (tertiary/aromatic N) is 1. The van der Waals surface area contributed by atoms with Gasteiger partial charge in [0.05, 0.1) is 26.5 Å². The molecule has 5 aromatic carbocycles. The van der Waals surface area contributed by atoms with Gasteiger partial charge in [-0.1, -0.05) is 68.2 Å². The Morgan fingerprint density at radius 1 is 0.770 bits per heavy atom. The molecule has 5 aromatic rings. The topological polar surface area (TPSA) is 286 Å². The van der Waals surface area contributed by atoms with Gasteiger partial charge in [-0.15, -0.1) is 0 Å². The normalized spacial score (nSPS) is 13.4. The molecule has 7 N–H and O–H groups in total. The summed E-state index contributed by atoms with van der Waals surface area (Å²) < 4.78 is 139. The molecular weight excluding hydrogens is 918 g/mol. The predicted molar refractivity (Wildman–Crippen MR) is 226 cm³/mol. The lowest BCUT2D eigenvalue weighted by Crippen LogP contribution is -2.24. The van der Waals surface area contributed by atoms with Gasteiger partial charge in [0.2, 0.25) is 9.84 Å². The number of anilines is 4. The molecule has 316 valence electrons. The van der Waals surface area contributed by atoms with Gasteiger partial charge in [0.15, 0.2) is 32.6 Å². The van der Waals surface area contributed by atoms with Crippen molar-refractivity contribution in [2.75, 3.05) is 15.8 Å². The summed E-state index contributed by atoms with van der Waals surface area (Å²) in [5.41, 5.74) is 4.89. The van der Waals surface area contributed by atoms with Crippen LogP contribution in [-0.2, 0) is 45.5 Å². The maximum absolute atomic E-state index is 14.3. The van der Waals surface area contributed by atoms with E-state index in [2.05, 4.69) is 15.0 Å². The lowest BCUT2D eigenvalue weighted by atomic mass is 9.87. The number of sulfone groups is 1. The van der Waals surface area contributed by atoms with E-state index in [0.29, 0.717) is 10.8 Å². The quantitative estimate of drug-likeness (QED) is 0.0506. The van der Waals surface area contributed by atoms with E-state index in [4.69, 9.17) is 43.5 Å². The number of aromatic nitrogens is 1. The Bertz CT molecular complexity index is 3580. The van der Waals surface area contributed by atoms with Gasteiger partial charge in [-0.3, -0.25) is 19.2 Å². The van der Waals surface area contributed by atoms with Crippen molar-refractivity contribution in [3.05, 3.63) is 99.8 Å². The Morgan fingerprint density at radius 2 is 1.39 bits per heavy atom. The lowest BCUT2D eigenvalue weighted by molar-refractivity contribution is 0.449. The number of nitrogen functional groups attached to an aromatic ring is 1. The number of hydrogen-bond acceptors (Lipinski definition) is 14. The van der Waals surface area contributed by atoms with Crippen molar-refractivity contribution in [3.63, 3.8) is 0 Å². The zero-order chi connectivity index (χ0) is 44.4. The molecule has 1 aliphatic carbocycles. The summed E-state index contributed by atoms with van der Waals surface area (Å²) in [6, 6.07) is 17.9. The molecule has 0 fully saturated rings. The van der Waals surface area contributed by atoms with E-state index in [1.807, 2.05) is 20.8 Å². The minimum Gasteiger partial charge on any atom is -0.450 e. The lowest BCUT2D eigenvalue weighted by Gasteiger charge is -2.26. The van der Waals surface area contributed by atoms with Crippen LogP contribution < -0.4 is 25.9 Å². The number of fused-ring (bicyclic) bond motifs is 5. The fraction of sp³-hybridized carbons (Fsp3) is 0.105. The highest BCUT2D eigenvalue weighted by molar-refractivity contribution is 7.92. The molecule has 2 heterocycles. The molecule has 3 aliphatic rings. The fourth-order valence-electron chi connectivity index (χ4n) is 6.71. The van der Waals surface area contributed by atoms with Crippen molar-refractivity contribution < 1.29 is 51.9 Å².